The van der Waals surface area contributed by atoms with Crippen molar-refractivity contribution >= 4 is 23.1 Å². The number of nitrogens with one attached hydrogen (secondary N) is 2. The summed E-state index contributed by atoms with van der Waals surface area (Å²) in [6.07, 6.45) is 3.08. The number of ketones is 1. The Morgan fingerprint density at radius 3 is 2.14 bits per heavy atom. The largest absolute Gasteiger partial charge is 0.362 e. The number of benzene rings is 2. The molecular weight excluding hydrogens is 264 g/mol. The zero-order valence-corrected chi connectivity index (χ0v) is 11.7. The molecule has 2 aromatic carbocycles. The van der Waals surface area contributed by atoms with Gasteiger partial charge >= 0.3 is 0 Å². The van der Waals surface area contributed by atoms with Crippen LogP contribution in [0.2, 0.25) is 0 Å². The predicted molar refractivity (Wildman–Crippen MR) is 84.3 cm³/mol. The van der Waals surface area contributed by atoms with Gasteiger partial charge in [-0.2, -0.15) is 0 Å². The molecule has 0 unspecified atom stereocenters. The molecule has 4 nitrogen and oxygen atoms in total. The van der Waals surface area contributed by atoms with E-state index in [-0.39, 0.29) is 11.7 Å². The summed E-state index contributed by atoms with van der Waals surface area (Å²) in [7, 11) is 0. The zero-order valence-electron chi connectivity index (χ0n) is 11.7. The fraction of sp³-hybridized carbons (Fsp3) is 0.0588. The highest BCUT2D eigenvalue weighted by Gasteiger charge is 1.99. The van der Waals surface area contributed by atoms with Gasteiger partial charge in [0.15, 0.2) is 5.78 Å². The third kappa shape index (κ3) is 4.62. The van der Waals surface area contributed by atoms with Crippen molar-refractivity contribution in [3.63, 3.8) is 0 Å². The van der Waals surface area contributed by atoms with Crippen molar-refractivity contribution in [3.8, 4) is 0 Å². The van der Waals surface area contributed by atoms with Crippen molar-refractivity contribution in [2.24, 2.45) is 0 Å². The molecule has 0 heterocycles. The second-order valence-corrected chi connectivity index (χ2v) is 4.47. The Morgan fingerprint density at radius 2 is 1.52 bits per heavy atom. The molecule has 0 aliphatic carbocycles. The zero-order chi connectivity index (χ0) is 15.1. The Kier molecular flexibility index (Phi) is 4.88. The SMILES string of the molecule is CC(=O)Nc1ccc(N/C=C/C(=O)c2ccccc2)cc1. The van der Waals surface area contributed by atoms with E-state index in [0.717, 1.165) is 11.4 Å². The standard InChI is InChI=1S/C17H16N2O2/c1-13(20)19-16-9-7-15(8-10-16)18-12-11-17(21)14-5-3-2-4-6-14/h2-12,18H,1H3,(H,19,20)/b12-11+. The summed E-state index contributed by atoms with van der Waals surface area (Å²) in [4.78, 5) is 22.7. The molecular formula is C17H16N2O2. The molecule has 0 aliphatic rings. The van der Waals surface area contributed by atoms with Crippen LogP contribution in [0.1, 0.15) is 17.3 Å². The summed E-state index contributed by atoms with van der Waals surface area (Å²) in [5.74, 6) is -0.165. The van der Waals surface area contributed by atoms with E-state index >= 15 is 0 Å². The molecule has 0 spiro atoms. The van der Waals surface area contributed by atoms with E-state index in [1.54, 1.807) is 30.5 Å². The third-order valence-corrected chi connectivity index (χ3v) is 2.75. The lowest BCUT2D eigenvalue weighted by molar-refractivity contribution is -0.114. The van der Waals surface area contributed by atoms with Gasteiger partial charge in [-0.05, 0) is 24.3 Å². The van der Waals surface area contributed by atoms with Crippen molar-refractivity contribution < 1.29 is 9.59 Å². The van der Waals surface area contributed by atoms with E-state index in [4.69, 9.17) is 0 Å². The first-order valence-electron chi connectivity index (χ1n) is 6.55. The van der Waals surface area contributed by atoms with Gasteiger partial charge < -0.3 is 10.6 Å². The van der Waals surface area contributed by atoms with E-state index in [2.05, 4.69) is 10.6 Å². The Balaban J connectivity index is 1.92. The van der Waals surface area contributed by atoms with E-state index in [0.29, 0.717) is 5.56 Å². The van der Waals surface area contributed by atoms with Crippen LogP contribution in [0.15, 0.2) is 66.9 Å². The van der Waals surface area contributed by atoms with E-state index in [1.807, 2.05) is 30.3 Å². The van der Waals surface area contributed by atoms with Crippen molar-refractivity contribution in [2.75, 3.05) is 10.6 Å². The van der Waals surface area contributed by atoms with E-state index < -0.39 is 0 Å². The second kappa shape index (κ2) is 7.05. The van der Waals surface area contributed by atoms with Gasteiger partial charge in [0.1, 0.15) is 0 Å². The highest BCUT2D eigenvalue weighted by Crippen LogP contribution is 2.13. The minimum absolute atomic E-state index is 0.0574. The van der Waals surface area contributed by atoms with Crippen LogP contribution in [0.5, 0.6) is 0 Å². The van der Waals surface area contributed by atoms with Crippen LogP contribution in [-0.2, 0) is 4.79 Å². The lowest BCUT2D eigenvalue weighted by Crippen LogP contribution is -2.05. The monoisotopic (exact) mass is 280 g/mol. The summed E-state index contributed by atoms with van der Waals surface area (Å²) in [5, 5.41) is 5.70. The maximum Gasteiger partial charge on any atom is 0.221 e. The molecule has 0 aliphatic heterocycles. The van der Waals surface area contributed by atoms with Crippen LogP contribution in [0, 0.1) is 0 Å². The summed E-state index contributed by atoms with van der Waals surface area (Å²) in [6, 6.07) is 16.3. The first-order chi connectivity index (χ1) is 10.1. The second-order valence-electron chi connectivity index (χ2n) is 4.47. The number of hydrogen-bond donors (Lipinski definition) is 2. The lowest BCUT2D eigenvalue weighted by atomic mass is 10.1. The number of rotatable bonds is 5. The van der Waals surface area contributed by atoms with E-state index in [9.17, 15) is 9.59 Å². The molecule has 0 radical (unpaired) electrons. The van der Waals surface area contributed by atoms with Crippen LogP contribution in [0.3, 0.4) is 0 Å². The third-order valence-electron chi connectivity index (χ3n) is 2.75. The highest BCUT2D eigenvalue weighted by molar-refractivity contribution is 6.04. The van der Waals surface area contributed by atoms with Gasteiger partial charge in [-0.25, -0.2) is 0 Å². The van der Waals surface area contributed by atoms with Crippen LogP contribution < -0.4 is 10.6 Å². The van der Waals surface area contributed by atoms with Crippen LogP contribution in [0.25, 0.3) is 0 Å². The molecule has 0 bridgehead atoms. The molecule has 4 heteroatoms. The number of carbonyl (C=O) groups is 2. The number of carbonyl (C=O) groups excluding carboxylic acids is 2. The molecule has 2 N–H and O–H groups in total. The van der Waals surface area contributed by atoms with Gasteiger partial charge in [-0.15, -0.1) is 0 Å². The molecule has 106 valence electrons. The van der Waals surface area contributed by atoms with Crippen molar-refractivity contribution in [3.05, 3.63) is 72.4 Å². The highest BCUT2D eigenvalue weighted by atomic mass is 16.1. The van der Waals surface area contributed by atoms with Crippen molar-refractivity contribution in [1.29, 1.82) is 0 Å². The lowest BCUT2D eigenvalue weighted by Gasteiger charge is -2.04. The van der Waals surface area contributed by atoms with Gasteiger partial charge in [0.25, 0.3) is 0 Å². The number of hydrogen-bond acceptors (Lipinski definition) is 3. The molecule has 21 heavy (non-hydrogen) atoms. The van der Waals surface area contributed by atoms with Crippen molar-refractivity contribution in [1.82, 2.24) is 0 Å². The molecule has 2 rings (SSSR count). The smallest absolute Gasteiger partial charge is 0.221 e. The van der Waals surface area contributed by atoms with Crippen LogP contribution in [-0.4, -0.2) is 11.7 Å². The van der Waals surface area contributed by atoms with Gasteiger partial charge in [-0.3, -0.25) is 9.59 Å². The minimum atomic E-state index is -0.107. The fourth-order valence-corrected chi connectivity index (χ4v) is 1.77. The first kappa shape index (κ1) is 14.5. The van der Waals surface area contributed by atoms with E-state index in [1.165, 1.54) is 13.0 Å². The van der Waals surface area contributed by atoms with Crippen LogP contribution >= 0.6 is 0 Å². The molecule has 0 fully saturated rings. The summed E-state index contributed by atoms with van der Waals surface area (Å²) >= 11 is 0. The quantitative estimate of drug-likeness (QED) is 0.651. The summed E-state index contributed by atoms with van der Waals surface area (Å²) < 4.78 is 0. The van der Waals surface area contributed by atoms with Crippen molar-refractivity contribution in [2.45, 2.75) is 6.92 Å². The fourth-order valence-electron chi connectivity index (χ4n) is 1.77. The Hall–Kier alpha value is -2.88. The number of amides is 1. The minimum Gasteiger partial charge on any atom is -0.362 e. The summed E-state index contributed by atoms with van der Waals surface area (Å²) in [5.41, 5.74) is 2.22. The van der Waals surface area contributed by atoms with Crippen LogP contribution in [0.4, 0.5) is 11.4 Å². The molecule has 0 saturated carbocycles. The molecule has 0 atom stereocenters. The molecule has 2 aromatic rings. The van der Waals surface area contributed by atoms with Gasteiger partial charge in [0.2, 0.25) is 5.91 Å². The van der Waals surface area contributed by atoms with Gasteiger partial charge in [0.05, 0.1) is 0 Å². The normalized spacial score (nSPS) is 10.3. The summed E-state index contributed by atoms with van der Waals surface area (Å²) in [6.45, 7) is 1.46. The average molecular weight is 280 g/mol. The van der Waals surface area contributed by atoms with Gasteiger partial charge in [0, 0.05) is 36.1 Å². The molecule has 0 aromatic heterocycles. The average Bonchev–Trinajstić information content (AvgIpc) is 2.49. The Bertz CT molecular complexity index is 646. The number of allylic oxidation sites excluding steroid dienone is 1. The maximum absolute atomic E-state index is 11.8. The Morgan fingerprint density at radius 1 is 0.905 bits per heavy atom. The topological polar surface area (TPSA) is 58.2 Å². The molecule has 1 amide bonds. The predicted octanol–water partition coefficient (Wildman–Crippen LogP) is 3.45. The molecule has 0 saturated heterocycles. The van der Waals surface area contributed by atoms with Gasteiger partial charge in [-0.1, -0.05) is 30.3 Å². The Labute approximate surface area is 123 Å². The number of anilines is 2. The maximum atomic E-state index is 11.8. The first-order valence-corrected chi connectivity index (χ1v) is 6.55.